The van der Waals surface area contributed by atoms with Crippen LogP contribution in [0.15, 0.2) is 42.5 Å². The second kappa shape index (κ2) is 10.2. The van der Waals surface area contributed by atoms with E-state index in [0.29, 0.717) is 31.1 Å². The molecule has 6 heteroatoms. The Bertz CT molecular complexity index is 850. The molecule has 160 valence electrons. The lowest BCUT2D eigenvalue weighted by atomic mass is 10.0. The lowest BCUT2D eigenvalue weighted by molar-refractivity contribution is -0.121. The Morgan fingerprint density at radius 1 is 1.00 bits per heavy atom. The molecule has 0 aliphatic carbocycles. The summed E-state index contributed by atoms with van der Waals surface area (Å²) in [6.07, 6.45) is 4.44. The lowest BCUT2D eigenvalue weighted by Crippen LogP contribution is -2.44. The van der Waals surface area contributed by atoms with E-state index in [1.807, 2.05) is 36.4 Å². The first-order chi connectivity index (χ1) is 14.7. The Hall–Kier alpha value is -2.24. The van der Waals surface area contributed by atoms with Gasteiger partial charge in [-0.25, -0.2) is 0 Å². The highest BCUT2D eigenvalue weighted by atomic mass is 35.5. The SMILES string of the molecule is O=C(CCc1ccc(Cl)cc1)N[C@@H](Cc1ccc2c(c1)OCCO2)CN1CCCC1. The molecule has 0 unspecified atom stereocenters. The molecule has 2 aliphatic heterocycles. The smallest absolute Gasteiger partial charge is 0.220 e. The van der Waals surface area contributed by atoms with E-state index in [1.54, 1.807) is 0 Å². The first-order valence-electron chi connectivity index (χ1n) is 10.8. The summed E-state index contributed by atoms with van der Waals surface area (Å²) in [7, 11) is 0. The standard InChI is InChI=1S/C24H29ClN2O3/c25-20-7-3-18(4-8-20)6-10-24(28)26-21(17-27-11-1-2-12-27)15-19-5-9-22-23(16-19)30-14-13-29-22/h3-5,7-9,16,21H,1-2,6,10-15,17H2,(H,26,28)/t21-/m0/s1. The van der Waals surface area contributed by atoms with Crippen molar-refractivity contribution in [1.29, 1.82) is 0 Å². The summed E-state index contributed by atoms with van der Waals surface area (Å²) in [4.78, 5) is 15.1. The van der Waals surface area contributed by atoms with Crippen molar-refractivity contribution in [2.24, 2.45) is 0 Å². The fraction of sp³-hybridized carbons (Fsp3) is 0.458. The molecule has 1 N–H and O–H groups in total. The van der Waals surface area contributed by atoms with Gasteiger partial charge in [-0.1, -0.05) is 29.8 Å². The number of carbonyl (C=O) groups is 1. The van der Waals surface area contributed by atoms with Crippen LogP contribution in [0.3, 0.4) is 0 Å². The van der Waals surface area contributed by atoms with Crippen LogP contribution in [0.2, 0.25) is 5.02 Å². The van der Waals surface area contributed by atoms with E-state index >= 15 is 0 Å². The number of benzene rings is 2. The third-order valence-electron chi connectivity index (χ3n) is 5.69. The van der Waals surface area contributed by atoms with Crippen molar-refractivity contribution in [2.75, 3.05) is 32.8 Å². The summed E-state index contributed by atoms with van der Waals surface area (Å²) < 4.78 is 11.3. The summed E-state index contributed by atoms with van der Waals surface area (Å²) >= 11 is 5.94. The van der Waals surface area contributed by atoms with Gasteiger partial charge in [0.05, 0.1) is 0 Å². The molecule has 2 aromatic carbocycles. The van der Waals surface area contributed by atoms with E-state index in [-0.39, 0.29) is 11.9 Å². The van der Waals surface area contributed by atoms with Gasteiger partial charge in [-0.05, 0) is 74.2 Å². The minimum Gasteiger partial charge on any atom is -0.486 e. The van der Waals surface area contributed by atoms with E-state index in [0.717, 1.165) is 48.7 Å². The Labute approximate surface area is 183 Å². The zero-order chi connectivity index (χ0) is 20.8. The van der Waals surface area contributed by atoms with Gasteiger partial charge < -0.3 is 19.7 Å². The molecule has 1 fully saturated rings. The minimum absolute atomic E-state index is 0.0726. The highest BCUT2D eigenvalue weighted by molar-refractivity contribution is 6.30. The number of amides is 1. The Kier molecular flexibility index (Phi) is 7.13. The molecule has 5 nitrogen and oxygen atoms in total. The number of hydrogen-bond donors (Lipinski definition) is 1. The maximum atomic E-state index is 12.7. The fourth-order valence-corrected chi connectivity index (χ4v) is 4.27. The zero-order valence-corrected chi connectivity index (χ0v) is 18.0. The predicted octanol–water partition coefficient (Wildman–Crippen LogP) is 3.87. The van der Waals surface area contributed by atoms with Crippen LogP contribution < -0.4 is 14.8 Å². The average molecular weight is 429 g/mol. The molecule has 0 spiro atoms. The Balaban J connectivity index is 1.37. The molecule has 0 bridgehead atoms. The molecule has 2 aromatic rings. The van der Waals surface area contributed by atoms with Crippen molar-refractivity contribution in [3.8, 4) is 11.5 Å². The number of carbonyl (C=O) groups excluding carboxylic acids is 1. The average Bonchev–Trinajstić information content (AvgIpc) is 3.26. The van der Waals surface area contributed by atoms with E-state index in [4.69, 9.17) is 21.1 Å². The summed E-state index contributed by atoms with van der Waals surface area (Å²) in [6.45, 7) is 4.26. The van der Waals surface area contributed by atoms with Crippen LogP contribution in [0.25, 0.3) is 0 Å². The molecule has 1 atom stereocenters. The number of ether oxygens (including phenoxy) is 2. The number of nitrogens with zero attached hydrogens (tertiary/aromatic N) is 1. The van der Waals surface area contributed by atoms with Crippen LogP contribution in [0.1, 0.15) is 30.4 Å². The summed E-state index contributed by atoms with van der Waals surface area (Å²) in [5.41, 5.74) is 2.28. The second-order valence-corrected chi connectivity index (χ2v) is 8.52. The molecular formula is C24H29ClN2O3. The monoisotopic (exact) mass is 428 g/mol. The number of fused-ring (bicyclic) bond motifs is 1. The van der Waals surface area contributed by atoms with E-state index in [2.05, 4.69) is 16.3 Å². The first-order valence-corrected chi connectivity index (χ1v) is 11.2. The third-order valence-corrected chi connectivity index (χ3v) is 5.94. The summed E-state index contributed by atoms with van der Waals surface area (Å²) in [5.74, 6) is 1.69. The van der Waals surface area contributed by atoms with Crippen LogP contribution in [0.5, 0.6) is 11.5 Å². The third kappa shape index (κ3) is 5.89. The molecule has 0 saturated carbocycles. The van der Waals surface area contributed by atoms with Gasteiger partial charge >= 0.3 is 0 Å². The highest BCUT2D eigenvalue weighted by Gasteiger charge is 2.21. The van der Waals surface area contributed by atoms with Crippen molar-refractivity contribution in [3.63, 3.8) is 0 Å². The van der Waals surface area contributed by atoms with Crippen molar-refractivity contribution in [1.82, 2.24) is 10.2 Å². The van der Waals surface area contributed by atoms with Gasteiger partial charge in [0.1, 0.15) is 13.2 Å². The quantitative estimate of drug-likeness (QED) is 0.693. The van der Waals surface area contributed by atoms with Crippen LogP contribution in [-0.4, -0.2) is 49.7 Å². The minimum atomic E-state index is 0.0726. The van der Waals surface area contributed by atoms with Gasteiger partial charge in [-0.2, -0.15) is 0 Å². The zero-order valence-electron chi connectivity index (χ0n) is 17.2. The van der Waals surface area contributed by atoms with Gasteiger partial charge in [-0.3, -0.25) is 4.79 Å². The highest BCUT2D eigenvalue weighted by Crippen LogP contribution is 2.31. The predicted molar refractivity (Wildman–Crippen MR) is 119 cm³/mol. The molecule has 2 aliphatic rings. The number of likely N-dealkylation sites (tertiary alicyclic amines) is 1. The van der Waals surface area contributed by atoms with E-state index in [1.165, 1.54) is 12.8 Å². The van der Waals surface area contributed by atoms with Crippen LogP contribution in [0, 0.1) is 0 Å². The molecule has 30 heavy (non-hydrogen) atoms. The molecular weight excluding hydrogens is 400 g/mol. The largest absolute Gasteiger partial charge is 0.486 e. The number of halogens is 1. The number of nitrogens with one attached hydrogen (secondary N) is 1. The topological polar surface area (TPSA) is 50.8 Å². The summed E-state index contributed by atoms with van der Waals surface area (Å²) in [5, 5.41) is 3.99. The van der Waals surface area contributed by atoms with Crippen molar-refractivity contribution >= 4 is 17.5 Å². The maximum Gasteiger partial charge on any atom is 0.220 e. The van der Waals surface area contributed by atoms with Crippen LogP contribution in [-0.2, 0) is 17.6 Å². The molecule has 1 saturated heterocycles. The molecule has 1 amide bonds. The van der Waals surface area contributed by atoms with Crippen molar-refractivity contribution in [3.05, 3.63) is 58.6 Å². The van der Waals surface area contributed by atoms with Crippen LogP contribution >= 0.6 is 11.6 Å². The maximum absolute atomic E-state index is 12.7. The number of hydrogen-bond acceptors (Lipinski definition) is 4. The Morgan fingerprint density at radius 2 is 1.70 bits per heavy atom. The molecule has 0 aromatic heterocycles. The Morgan fingerprint density at radius 3 is 2.47 bits per heavy atom. The number of rotatable bonds is 8. The van der Waals surface area contributed by atoms with Gasteiger partial charge in [0.15, 0.2) is 11.5 Å². The van der Waals surface area contributed by atoms with E-state index < -0.39 is 0 Å². The van der Waals surface area contributed by atoms with Gasteiger partial charge in [-0.15, -0.1) is 0 Å². The molecule has 4 rings (SSSR count). The first kappa shape index (κ1) is 21.0. The second-order valence-electron chi connectivity index (χ2n) is 8.08. The molecule has 2 heterocycles. The summed E-state index contributed by atoms with van der Waals surface area (Å²) in [6, 6.07) is 13.9. The molecule has 0 radical (unpaired) electrons. The van der Waals surface area contributed by atoms with Gasteiger partial charge in [0, 0.05) is 24.0 Å². The van der Waals surface area contributed by atoms with Crippen molar-refractivity contribution in [2.45, 2.75) is 38.1 Å². The normalized spacial score (nSPS) is 17.0. The van der Waals surface area contributed by atoms with Gasteiger partial charge in [0.25, 0.3) is 0 Å². The lowest BCUT2D eigenvalue weighted by Gasteiger charge is -2.25. The van der Waals surface area contributed by atoms with E-state index in [9.17, 15) is 4.79 Å². The van der Waals surface area contributed by atoms with Gasteiger partial charge in [0.2, 0.25) is 5.91 Å². The fourth-order valence-electron chi connectivity index (χ4n) is 4.15. The van der Waals surface area contributed by atoms with Crippen molar-refractivity contribution < 1.29 is 14.3 Å². The number of aryl methyl sites for hydroxylation is 1. The van der Waals surface area contributed by atoms with Crippen LogP contribution in [0.4, 0.5) is 0 Å².